The number of oxime groups is 1. The van der Waals surface area contributed by atoms with Crippen LogP contribution < -0.4 is 5.32 Å². The first-order chi connectivity index (χ1) is 18.2. The summed E-state index contributed by atoms with van der Waals surface area (Å²) in [7, 11) is 0. The highest BCUT2D eigenvalue weighted by molar-refractivity contribution is 5.91. The minimum Gasteiger partial charge on any atom is -0.446 e. The molecule has 0 radical (unpaired) electrons. The normalized spacial score (nSPS) is 40.5. The predicted molar refractivity (Wildman–Crippen MR) is 144 cm³/mol. The summed E-state index contributed by atoms with van der Waals surface area (Å²) >= 11 is 0. The second-order valence-electron chi connectivity index (χ2n) is 13.2. The van der Waals surface area contributed by atoms with Gasteiger partial charge < -0.3 is 10.1 Å². The van der Waals surface area contributed by atoms with Crippen molar-refractivity contribution in [1.29, 1.82) is 0 Å². The van der Waals surface area contributed by atoms with E-state index in [1.165, 1.54) is 29.7 Å². The highest BCUT2D eigenvalue weighted by Gasteiger charge is 2.59. The number of fused-ring (bicyclic) bond motifs is 5. The van der Waals surface area contributed by atoms with Crippen LogP contribution in [-0.4, -0.2) is 54.8 Å². The molecule has 38 heavy (non-hydrogen) atoms. The second-order valence-corrected chi connectivity index (χ2v) is 13.2. The molecule has 5 rings (SSSR count). The van der Waals surface area contributed by atoms with E-state index < -0.39 is 6.09 Å². The lowest BCUT2D eigenvalue weighted by atomic mass is 9.46. The fourth-order valence-corrected chi connectivity index (χ4v) is 9.16. The first-order valence-corrected chi connectivity index (χ1v) is 14.7. The molecule has 2 unspecified atom stereocenters. The van der Waals surface area contributed by atoms with Gasteiger partial charge in [-0.15, -0.1) is 0 Å². The third-order valence-corrected chi connectivity index (χ3v) is 11.4. The van der Waals surface area contributed by atoms with Crippen molar-refractivity contribution in [1.82, 2.24) is 10.2 Å². The SMILES string of the molecule is C/C(=N\OC(=O)N(COC=O)CC1NCCC1C)[C@H]1CC[C@H]2[C@@H]3CCC4=CC(=O)CC[C@]4(C)[C@H]3CC[C@]12C. The van der Waals surface area contributed by atoms with Crippen LogP contribution in [0.25, 0.3) is 0 Å². The number of allylic oxidation sites excluding steroid dienone is 1. The number of hydrogen-bond acceptors (Lipinski definition) is 7. The van der Waals surface area contributed by atoms with E-state index in [1.807, 2.05) is 13.0 Å². The summed E-state index contributed by atoms with van der Waals surface area (Å²) in [6.45, 7) is 10.5. The molecule has 3 saturated carbocycles. The lowest BCUT2D eigenvalue weighted by molar-refractivity contribution is -0.132. The van der Waals surface area contributed by atoms with E-state index in [0.717, 1.165) is 44.4 Å². The number of carbonyl (C=O) groups is 3. The number of nitrogens with one attached hydrogen (secondary N) is 1. The third-order valence-electron chi connectivity index (χ3n) is 11.4. The summed E-state index contributed by atoms with van der Waals surface area (Å²) in [4.78, 5) is 42.7. The molecular formula is C30H45N3O5. The van der Waals surface area contributed by atoms with Gasteiger partial charge in [0, 0.05) is 24.9 Å². The van der Waals surface area contributed by atoms with Crippen LogP contribution in [0.3, 0.4) is 0 Å². The average molecular weight is 528 g/mol. The number of amides is 1. The van der Waals surface area contributed by atoms with Gasteiger partial charge in [0.2, 0.25) is 0 Å². The molecule has 0 bridgehead atoms. The van der Waals surface area contributed by atoms with Crippen LogP contribution in [0.5, 0.6) is 0 Å². The fraction of sp³-hybridized carbons (Fsp3) is 0.800. The zero-order valence-corrected chi connectivity index (χ0v) is 23.5. The maximum Gasteiger partial charge on any atom is 0.438 e. The number of nitrogens with zero attached hydrogens (tertiary/aromatic N) is 2. The standard InChI is InChI=1S/C30H45N3O5/c1-19-11-14-31-27(19)16-33(17-37-18-34)28(36)38-32-20(2)24-7-8-25-23-6-5-21-15-22(35)9-12-29(21,3)26(23)10-13-30(24,25)4/h15,18-19,23-27,31H,5-14,16-17H2,1-4H3/b32-20+/t19?,23-,24+,25-,26-,27?,29-,30+/m0/s1. The van der Waals surface area contributed by atoms with Gasteiger partial charge in [-0.1, -0.05) is 31.5 Å². The summed E-state index contributed by atoms with van der Waals surface area (Å²) in [6.07, 6.45) is 10.9. The maximum absolute atomic E-state index is 12.9. The summed E-state index contributed by atoms with van der Waals surface area (Å²) in [5.74, 6) is 3.00. The van der Waals surface area contributed by atoms with Gasteiger partial charge in [0.1, 0.15) is 0 Å². The van der Waals surface area contributed by atoms with Crippen molar-refractivity contribution in [3.63, 3.8) is 0 Å². The molecule has 5 aliphatic rings. The Morgan fingerprint density at radius 1 is 1.16 bits per heavy atom. The number of ketones is 1. The van der Waals surface area contributed by atoms with Crippen molar-refractivity contribution in [2.24, 2.45) is 45.6 Å². The predicted octanol–water partition coefficient (Wildman–Crippen LogP) is 5.08. The molecule has 4 fully saturated rings. The Morgan fingerprint density at radius 2 is 1.97 bits per heavy atom. The van der Waals surface area contributed by atoms with Gasteiger partial charge in [-0.3, -0.25) is 19.3 Å². The highest BCUT2D eigenvalue weighted by Crippen LogP contribution is 2.66. The van der Waals surface area contributed by atoms with Gasteiger partial charge in [-0.2, -0.15) is 0 Å². The van der Waals surface area contributed by atoms with Crippen molar-refractivity contribution in [2.75, 3.05) is 19.8 Å². The topological polar surface area (TPSA) is 97.3 Å². The van der Waals surface area contributed by atoms with Crippen LogP contribution >= 0.6 is 0 Å². The number of rotatable bonds is 7. The Kier molecular flexibility index (Phi) is 7.73. The molecule has 8 heteroatoms. The third kappa shape index (κ3) is 4.82. The maximum atomic E-state index is 12.9. The van der Waals surface area contributed by atoms with Crippen molar-refractivity contribution < 1.29 is 24.0 Å². The Morgan fingerprint density at radius 3 is 2.71 bits per heavy atom. The van der Waals surface area contributed by atoms with Crippen LogP contribution in [0.2, 0.25) is 0 Å². The molecule has 0 aromatic carbocycles. The molecule has 8 nitrogen and oxygen atoms in total. The Bertz CT molecular complexity index is 1010. The van der Waals surface area contributed by atoms with Gasteiger partial charge in [-0.25, -0.2) is 4.79 Å². The molecule has 1 saturated heterocycles. The van der Waals surface area contributed by atoms with Gasteiger partial charge >= 0.3 is 6.09 Å². The quantitative estimate of drug-likeness (QED) is 0.163. The molecule has 1 amide bonds. The minimum absolute atomic E-state index is 0.141. The van der Waals surface area contributed by atoms with E-state index in [1.54, 1.807) is 0 Å². The second kappa shape index (κ2) is 10.7. The molecule has 1 N–H and O–H groups in total. The minimum atomic E-state index is -0.582. The largest absolute Gasteiger partial charge is 0.446 e. The summed E-state index contributed by atoms with van der Waals surface area (Å²) in [5, 5.41) is 7.78. The molecule has 0 spiro atoms. The lowest BCUT2D eigenvalue weighted by Crippen LogP contribution is -2.51. The lowest BCUT2D eigenvalue weighted by Gasteiger charge is -2.58. The highest BCUT2D eigenvalue weighted by atomic mass is 16.7. The van der Waals surface area contributed by atoms with E-state index in [0.29, 0.717) is 48.9 Å². The van der Waals surface area contributed by atoms with Crippen LogP contribution in [0.15, 0.2) is 16.8 Å². The monoisotopic (exact) mass is 527 g/mol. The van der Waals surface area contributed by atoms with Gasteiger partial charge in [0.25, 0.3) is 6.47 Å². The Hall–Kier alpha value is -2.22. The van der Waals surface area contributed by atoms with Crippen LogP contribution in [-0.2, 0) is 19.2 Å². The molecule has 210 valence electrons. The number of hydrogen-bond donors (Lipinski definition) is 1. The van der Waals surface area contributed by atoms with E-state index >= 15 is 0 Å². The molecule has 8 atom stereocenters. The number of carbonyl (C=O) groups excluding carboxylic acids is 3. The Labute approximate surface area is 226 Å². The van der Waals surface area contributed by atoms with E-state index in [4.69, 9.17) is 9.57 Å². The van der Waals surface area contributed by atoms with E-state index in [2.05, 4.69) is 31.2 Å². The van der Waals surface area contributed by atoms with E-state index in [9.17, 15) is 14.4 Å². The van der Waals surface area contributed by atoms with Crippen molar-refractivity contribution in [2.45, 2.75) is 91.5 Å². The van der Waals surface area contributed by atoms with Crippen LogP contribution in [0.4, 0.5) is 4.79 Å². The zero-order valence-electron chi connectivity index (χ0n) is 23.5. The van der Waals surface area contributed by atoms with Gasteiger partial charge in [-0.05, 0) is 105 Å². The van der Waals surface area contributed by atoms with Crippen LogP contribution in [0, 0.1) is 40.4 Å². The smallest absolute Gasteiger partial charge is 0.438 e. The average Bonchev–Trinajstić information content (AvgIpc) is 3.47. The first kappa shape index (κ1) is 27.4. The fourth-order valence-electron chi connectivity index (χ4n) is 9.16. The molecule has 4 aliphatic carbocycles. The van der Waals surface area contributed by atoms with Gasteiger partial charge in [0.05, 0.1) is 5.71 Å². The van der Waals surface area contributed by atoms with Crippen molar-refractivity contribution in [3.05, 3.63) is 11.6 Å². The van der Waals surface area contributed by atoms with Crippen molar-refractivity contribution in [3.8, 4) is 0 Å². The van der Waals surface area contributed by atoms with Gasteiger partial charge in [0.15, 0.2) is 12.5 Å². The molecule has 1 aliphatic heterocycles. The number of ether oxygens (including phenoxy) is 1. The molecule has 0 aromatic heterocycles. The Balaban J connectivity index is 1.26. The summed E-state index contributed by atoms with van der Waals surface area (Å²) < 4.78 is 4.90. The molecule has 0 aromatic rings. The van der Waals surface area contributed by atoms with E-state index in [-0.39, 0.29) is 29.5 Å². The molecular weight excluding hydrogens is 482 g/mol. The summed E-state index contributed by atoms with van der Waals surface area (Å²) in [5.41, 5.74) is 2.61. The van der Waals surface area contributed by atoms with Crippen LogP contribution in [0.1, 0.15) is 85.5 Å². The first-order valence-electron chi connectivity index (χ1n) is 14.7. The summed E-state index contributed by atoms with van der Waals surface area (Å²) in [6, 6.07) is 0.141. The van der Waals surface area contributed by atoms with Crippen molar-refractivity contribution >= 4 is 24.1 Å². The molecule has 1 heterocycles. The zero-order chi connectivity index (χ0) is 27.1.